The fourth-order valence-corrected chi connectivity index (χ4v) is 4.76. The highest BCUT2D eigenvalue weighted by Crippen LogP contribution is 2.29. The Morgan fingerprint density at radius 2 is 2.04 bits per heavy atom. The van der Waals surface area contributed by atoms with Crippen molar-refractivity contribution in [2.24, 2.45) is 0 Å². The number of rotatable bonds is 4. The van der Waals surface area contributed by atoms with Crippen molar-refractivity contribution in [1.29, 1.82) is 0 Å². The summed E-state index contributed by atoms with van der Waals surface area (Å²) in [5.41, 5.74) is 2.06. The summed E-state index contributed by atoms with van der Waals surface area (Å²) < 4.78 is 6.76. The average molecular weight is 461 g/mol. The number of aryl methyl sites for hydroxylation is 1. The predicted octanol–water partition coefficient (Wildman–Crippen LogP) is 3.88. The Morgan fingerprint density at radius 1 is 1.25 bits per heavy atom. The van der Waals surface area contributed by atoms with Crippen LogP contribution in [0.4, 0.5) is 5.13 Å². The first-order valence-corrected chi connectivity index (χ1v) is 10.8. The second kappa shape index (κ2) is 8.05. The summed E-state index contributed by atoms with van der Waals surface area (Å²) >= 11 is 5.10. The van der Waals surface area contributed by atoms with E-state index in [-0.39, 0.29) is 5.91 Å². The lowest BCUT2D eigenvalue weighted by molar-refractivity contribution is -0.138. The van der Waals surface area contributed by atoms with Crippen molar-refractivity contribution >= 4 is 48.7 Å². The minimum atomic E-state index is -0.530. The monoisotopic (exact) mass is 460 g/mol. The van der Waals surface area contributed by atoms with Crippen LogP contribution in [0, 0.1) is 6.92 Å². The van der Waals surface area contributed by atoms with E-state index in [1.807, 2.05) is 42.2 Å². The first-order chi connectivity index (χ1) is 13.5. The zero-order valence-corrected chi connectivity index (χ0v) is 18.2. The van der Waals surface area contributed by atoms with Gasteiger partial charge >= 0.3 is 0 Å². The van der Waals surface area contributed by atoms with Crippen molar-refractivity contribution in [3.63, 3.8) is 0 Å². The number of carbonyl (C=O) groups excluding carboxylic acids is 1. The number of benzene rings is 1. The second-order valence-corrected chi connectivity index (χ2v) is 8.64. The van der Waals surface area contributed by atoms with E-state index < -0.39 is 6.10 Å². The maximum absolute atomic E-state index is 12.8. The maximum atomic E-state index is 12.8. The quantitative estimate of drug-likeness (QED) is 0.591. The highest BCUT2D eigenvalue weighted by atomic mass is 79.9. The fourth-order valence-electron chi connectivity index (χ4n) is 3.21. The summed E-state index contributed by atoms with van der Waals surface area (Å²) in [6.45, 7) is 6.65. The number of carbonyl (C=O) groups is 1. The zero-order valence-electron chi connectivity index (χ0n) is 15.8. The molecule has 3 aromatic rings. The largest absolute Gasteiger partial charge is 0.480 e. The van der Waals surface area contributed by atoms with Gasteiger partial charge < -0.3 is 14.5 Å². The summed E-state index contributed by atoms with van der Waals surface area (Å²) in [4.78, 5) is 26.9. The molecule has 1 saturated heterocycles. The maximum Gasteiger partial charge on any atom is 0.263 e. The van der Waals surface area contributed by atoms with Gasteiger partial charge in [-0.05, 0) is 59.6 Å². The molecule has 3 heterocycles. The lowest BCUT2D eigenvalue weighted by atomic mass is 10.2. The number of halogens is 1. The van der Waals surface area contributed by atoms with Gasteiger partial charge in [0, 0.05) is 32.4 Å². The van der Waals surface area contributed by atoms with E-state index in [4.69, 9.17) is 4.74 Å². The van der Waals surface area contributed by atoms with Gasteiger partial charge in [0.1, 0.15) is 16.1 Å². The van der Waals surface area contributed by atoms with Crippen LogP contribution in [0.25, 0.3) is 10.3 Å². The highest BCUT2D eigenvalue weighted by molar-refractivity contribution is 9.10. The summed E-state index contributed by atoms with van der Waals surface area (Å²) in [5, 5.41) is 0.966. The van der Waals surface area contributed by atoms with Crippen LogP contribution < -0.4 is 9.64 Å². The van der Waals surface area contributed by atoms with E-state index in [0.29, 0.717) is 18.8 Å². The summed E-state index contributed by atoms with van der Waals surface area (Å²) in [6, 6.07) is 9.73. The molecule has 0 radical (unpaired) electrons. The van der Waals surface area contributed by atoms with Gasteiger partial charge in [0.15, 0.2) is 11.2 Å². The lowest BCUT2D eigenvalue weighted by Gasteiger charge is -2.35. The molecular weight excluding hydrogens is 440 g/mol. The van der Waals surface area contributed by atoms with Gasteiger partial charge in [0.25, 0.3) is 5.91 Å². The average Bonchev–Trinajstić information content (AvgIpc) is 3.14. The SMILES string of the molecule is Cc1ccc(OC(C)C(=O)N2CCN(c3nc4cccnc4s3)CC2)c(Br)c1. The normalized spacial score (nSPS) is 15.7. The molecule has 8 heteroatoms. The molecule has 6 nitrogen and oxygen atoms in total. The lowest BCUT2D eigenvalue weighted by Crippen LogP contribution is -2.52. The summed E-state index contributed by atoms with van der Waals surface area (Å²) in [7, 11) is 0. The third-order valence-electron chi connectivity index (χ3n) is 4.76. The third-order valence-corrected chi connectivity index (χ3v) is 6.42. The molecule has 146 valence electrons. The van der Waals surface area contributed by atoms with Gasteiger partial charge in [-0.2, -0.15) is 0 Å². The molecule has 1 fully saturated rings. The van der Waals surface area contributed by atoms with Crippen LogP contribution in [-0.2, 0) is 4.79 Å². The molecule has 0 saturated carbocycles. The van der Waals surface area contributed by atoms with Crippen LogP contribution >= 0.6 is 27.3 Å². The number of thiazole rings is 1. The topological polar surface area (TPSA) is 58.6 Å². The number of aromatic nitrogens is 2. The first kappa shape index (κ1) is 19.1. The Hall–Kier alpha value is -2.19. The van der Waals surface area contributed by atoms with E-state index in [1.165, 1.54) is 0 Å². The Balaban J connectivity index is 1.36. The molecule has 1 aliphatic heterocycles. The van der Waals surface area contributed by atoms with Crippen molar-refractivity contribution in [2.45, 2.75) is 20.0 Å². The van der Waals surface area contributed by atoms with Gasteiger partial charge in [-0.25, -0.2) is 9.97 Å². The van der Waals surface area contributed by atoms with Crippen molar-refractivity contribution in [3.05, 3.63) is 46.6 Å². The molecule has 4 rings (SSSR count). The van der Waals surface area contributed by atoms with E-state index in [0.717, 1.165) is 38.6 Å². The Bertz CT molecular complexity index is 968. The Morgan fingerprint density at radius 3 is 2.75 bits per heavy atom. The molecule has 28 heavy (non-hydrogen) atoms. The van der Waals surface area contributed by atoms with Gasteiger partial charge in [0.2, 0.25) is 0 Å². The second-order valence-electron chi connectivity index (χ2n) is 6.83. The third kappa shape index (κ3) is 3.98. The molecular formula is C20H21BrN4O2S. The number of amides is 1. The molecule has 2 aromatic heterocycles. The molecule has 1 amide bonds. The van der Waals surface area contributed by atoms with E-state index in [2.05, 4.69) is 30.8 Å². The van der Waals surface area contributed by atoms with Gasteiger partial charge in [-0.1, -0.05) is 17.4 Å². The number of hydrogen-bond donors (Lipinski definition) is 0. The van der Waals surface area contributed by atoms with Crippen LogP contribution in [0.5, 0.6) is 5.75 Å². The molecule has 1 aromatic carbocycles. The fraction of sp³-hybridized carbons (Fsp3) is 0.350. The number of anilines is 1. The number of fused-ring (bicyclic) bond motifs is 1. The number of piperazine rings is 1. The molecule has 0 bridgehead atoms. The van der Waals surface area contributed by atoms with Crippen LogP contribution in [0.15, 0.2) is 41.0 Å². The highest BCUT2D eigenvalue weighted by Gasteiger charge is 2.27. The van der Waals surface area contributed by atoms with Crippen molar-refractivity contribution in [1.82, 2.24) is 14.9 Å². The van der Waals surface area contributed by atoms with Crippen molar-refractivity contribution in [3.8, 4) is 5.75 Å². The van der Waals surface area contributed by atoms with E-state index >= 15 is 0 Å². The van der Waals surface area contributed by atoms with Gasteiger partial charge in [-0.15, -0.1) is 0 Å². The first-order valence-electron chi connectivity index (χ1n) is 9.19. The number of nitrogens with zero attached hydrogens (tertiary/aromatic N) is 4. The van der Waals surface area contributed by atoms with Crippen LogP contribution in [0.2, 0.25) is 0 Å². The summed E-state index contributed by atoms with van der Waals surface area (Å²) in [6.07, 6.45) is 1.26. The Kier molecular flexibility index (Phi) is 5.50. The van der Waals surface area contributed by atoms with Gasteiger partial charge in [0.05, 0.1) is 4.47 Å². The van der Waals surface area contributed by atoms with E-state index in [9.17, 15) is 4.79 Å². The van der Waals surface area contributed by atoms with Crippen molar-refractivity contribution < 1.29 is 9.53 Å². The van der Waals surface area contributed by atoms with Gasteiger partial charge in [-0.3, -0.25) is 4.79 Å². The number of ether oxygens (including phenoxy) is 1. The minimum Gasteiger partial charge on any atom is -0.480 e. The number of hydrogen-bond acceptors (Lipinski definition) is 6. The molecule has 1 atom stereocenters. The van der Waals surface area contributed by atoms with Crippen molar-refractivity contribution in [2.75, 3.05) is 31.1 Å². The minimum absolute atomic E-state index is 0.0121. The zero-order chi connectivity index (χ0) is 19.7. The predicted molar refractivity (Wildman–Crippen MR) is 115 cm³/mol. The Labute approximate surface area is 176 Å². The summed E-state index contributed by atoms with van der Waals surface area (Å²) in [5.74, 6) is 0.699. The van der Waals surface area contributed by atoms with E-state index in [1.54, 1.807) is 24.5 Å². The van der Waals surface area contributed by atoms with Crippen LogP contribution in [0.1, 0.15) is 12.5 Å². The molecule has 0 N–H and O–H groups in total. The van der Waals surface area contributed by atoms with Crippen LogP contribution in [-0.4, -0.2) is 53.1 Å². The molecule has 0 aliphatic carbocycles. The molecule has 1 aliphatic rings. The molecule has 1 unspecified atom stereocenters. The smallest absolute Gasteiger partial charge is 0.263 e. The molecule has 0 spiro atoms. The van der Waals surface area contributed by atoms with Crippen LogP contribution in [0.3, 0.4) is 0 Å². The standard InChI is InChI=1S/C20H21BrN4O2S/c1-13-5-6-17(15(21)12-13)27-14(2)19(26)24-8-10-25(11-9-24)20-23-16-4-3-7-22-18(16)28-20/h3-7,12,14H,8-11H2,1-2H3. The number of pyridine rings is 1.